The molecular weight excluding hydrogens is 214 g/mol. The Bertz CT molecular complexity index is 288. The standard InChI is InChI=1S/C13H25N3O/c1-5-10(4)16-13(14)15-8-11-6-7-17-12(11)9(2)3/h10-12H,2,5-8H2,1,3-4H3,(H3,14,15,16). The van der Waals surface area contributed by atoms with Gasteiger partial charge in [0, 0.05) is 25.1 Å². The van der Waals surface area contributed by atoms with Gasteiger partial charge in [0.2, 0.25) is 0 Å². The van der Waals surface area contributed by atoms with Gasteiger partial charge >= 0.3 is 0 Å². The minimum Gasteiger partial charge on any atom is -0.374 e. The van der Waals surface area contributed by atoms with Crippen molar-refractivity contribution in [3.63, 3.8) is 0 Å². The molecule has 1 aliphatic rings. The fourth-order valence-electron chi connectivity index (χ4n) is 1.98. The lowest BCUT2D eigenvalue weighted by molar-refractivity contribution is 0.120. The van der Waals surface area contributed by atoms with E-state index in [4.69, 9.17) is 10.5 Å². The molecule has 3 N–H and O–H groups in total. The van der Waals surface area contributed by atoms with E-state index in [-0.39, 0.29) is 6.10 Å². The number of ether oxygens (including phenoxy) is 1. The fraction of sp³-hybridized carbons (Fsp3) is 0.769. The zero-order chi connectivity index (χ0) is 12.8. The normalized spacial score (nSPS) is 26.9. The van der Waals surface area contributed by atoms with Crippen LogP contribution in [0.2, 0.25) is 0 Å². The van der Waals surface area contributed by atoms with E-state index in [2.05, 4.69) is 30.7 Å². The van der Waals surface area contributed by atoms with Crippen LogP contribution in [0.3, 0.4) is 0 Å². The third kappa shape index (κ3) is 4.38. The predicted molar refractivity (Wildman–Crippen MR) is 72.0 cm³/mol. The SMILES string of the molecule is C=C(C)C1OCCC1CN=C(N)NC(C)CC. The smallest absolute Gasteiger partial charge is 0.188 e. The topological polar surface area (TPSA) is 59.6 Å². The Morgan fingerprint density at radius 1 is 1.65 bits per heavy atom. The monoisotopic (exact) mass is 239 g/mol. The van der Waals surface area contributed by atoms with Gasteiger partial charge in [0.1, 0.15) is 0 Å². The molecule has 98 valence electrons. The second-order valence-corrected chi connectivity index (χ2v) is 4.87. The molecule has 4 nitrogen and oxygen atoms in total. The van der Waals surface area contributed by atoms with Crippen LogP contribution in [0.15, 0.2) is 17.1 Å². The van der Waals surface area contributed by atoms with Crippen molar-refractivity contribution < 1.29 is 4.74 Å². The number of nitrogens with zero attached hydrogens (tertiary/aromatic N) is 1. The van der Waals surface area contributed by atoms with Crippen molar-refractivity contribution in [2.45, 2.75) is 45.8 Å². The van der Waals surface area contributed by atoms with Gasteiger partial charge in [-0.2, -0.15) is 0 Å². The Kier molecular flexibility index (Phi) is 5.48. The first-order valence-corrected chi connectivity index (χ1v) is 6.38. The molecule has 0 bridgehead atoms. The molecule has 1 saturated heterocycles. The Morgan fingerprint density at radius 2 is 2.35 bits per heavy atom. The molecule has 17 heavy (non-hydrogen) atoms. The summed E-state index contributed by atoms with van der Waals surface area (Å²) >= 11 is 0. The molecule has 3 unspecified atom stereocenters. The first kappa shape index (κ1) is 14.0. The van der Waals surface area contributed by atoms with E-state index >= 15 is 0 Å². The number of hydrogen-bond donors (Lipinski definition) is 2. The average molecular weight is 239 g/mol. The van der Waals surface area contributed by atoms with E-state index in [0.717, 1.165) is 25.0 Å². The lowest BCUT2D eigenvalue weighted by Gasteiger charge is -2.17. The summed E-state index contributed by atoms with van der Waals surface area (Å²) in [5.74, 6) is 0.955. The Morgan fingerprint density at radius 3 is 2.94 bits per heavy atom. The summed E-state index contributed by atoms with van der Waals surface area (Å²) in [5.41, 5.74) is 6.91. The van der Waals surface area contributed by atoms with Gasteiger partial charge in [0.15, 0.2) is 5.96 Å². The highest BCUT2D eigenvalue weighted by Gasteiger charge is 2.28. The van der Waals surface area contributed by atoms with Gasteiger partial charge < -0.3 is 15.8 Å². The van der Waals surface area contributed by atoms with Crippen LogP contribution < -0.4 is 11.1 Å². The van der Waals surface area contributed by atoms with Crippen molar-refractivity contribution in [1.82, 2.24) is 5.32 Å². The Balaban J connectivity index is 2.43. The first-order chi connectivity index (χ1) is 8.04. The molecule has 0 radical (unpaired) electrons. The molecule has 1 fully saturated rings. The molecule has 1 aliphatic heterocycles. The summed E-state index contributed by atoms with van der Waals surface area (Å²) in [6.45, 7) is 11.7. The molecule has 0 aromatic rings. The minimum atomic E-state index is 0.148. The van der Waals surface area contributed by atoms with Crippen molar-refractivity contribution in [3.05, 3.63) is 12.2 Å². The molecule has 0 aromatic heterocycles. The van der Waals surface area contributed by atoms with Crippen molar-refractivity contribution in [2.24, 2.45) is 16.6 Å². The lowest BCUT2D eigenvalue weighted by Crippen LogP contribution is -2.38. The van der Waals surface area contributed by atoms with Crippen molar-refractivity contribution >= 4 is 5.96 Å². The maximum Gasteiger partial charge on any atom is 0.188 e. The maximum absolute atomic E-state index is 5.83. The van der Waals surface area contributed by atoms with Gasteiger partial charge in [-0.3, -0.25) is 4.99 Å². The van der Waals surface area contributed by atoms with Gasteiger partial charge in [-0.15, -0.1) is 0 Å². The average Bonchev–Trinajstić information content (AvgIpc) is 2.74. The third-order valence-electron chi connectivity index (χ3n) is 3.20. The largest absolute Gasteiger partial charge is 0.374 e. The molecule has 0 aliphatic carbocycles. The fourth-order valence-corrected chi connectivity index (χ4v) is 1.98. The molecule has 1 rings (SSSR count). The van der Waals surface area contributed by atoms with Gasteiger partial charge in [-0.05, 0) is 26.7 Å². The van der Waals surface area contributed by atoms with E-state index in [1.165, 1.54) is 0 Å². The van der Waals surface area contributed by atoms with Crippen molar-refractivity contribution in [2.75, 3.05) is 13.2 Å². The summed E-state index contributed by atoms with van der Waals surface area (Å²) < 4.78 is 5.63. The zero-order valence-corrected chi connectivity index (χ0v) is 11.2. The van der Waals surface area contributed by atoms with Crippen LogP contribution in [0.1, 0.15) is 33.6 Å². The highest BCUT2D eigenvalue weighted by molar-refractivity contribution is 5.78. The highest BCUT2D eigenvalue weighted by atomic mass is 16.5. The minimum absolute atomic E-state index is 0.148. The zero-order valence-electron chi connectivity index (χ0n) is 11.2. The molecule has 3 atom stereocenters. The van der Waals surface area contributed by atoms with Gasteiger partial charge in [0.05, 0.1) is 6.10 Å². The molecule has 1 heterocycles. The molecule has 0 aromatic carbocycles. The predicted octanol–water partition coefficient (Wildman–Crippen LogP) is 1.67. The molecule has 0 spiro atoms. The maximum atomic E-state index is 5.83. The van der Waals surface area contributed by atoms with E-state index in [1.54, 1.807) is 0 Å². The first-order valence-electron chi connectivity index (χ1n) is 6.38. The van der Waals surface area contributed by atoms with Gasteiger partial charge in [0.25, 0.3) is 0 Å². The molecule has 0 amide bonds. The van der Waals surface area contributed by atoms with Crippen LogP contribution >= 0.6 is 0 Å². The Hall–Kier alpha value is -1.03. The summed E-state index contributed by atoms with van der Waals surface area (Å²) in [7, 11) is 0. The van der Waals surface area contributed by atoms with E-state index < -0.39 is 0 Å². The van der Waals surface area contributed by atoms with Crippen LogP contribution in [-0.4, -0.2) is 31.3 Å². The van der Waals surface area contributed by atoms with Gasteiger partial charge in [-0.25, -0.2) is 0 Å². The lowest BCUT2D eigenvalue weighted by atomic mass is 9.97. The number of rotatable bonds is 5. The van der Waals surface area contributed by atoms with Crippen LogP contribution in [0.4, 0.5) is 0 Å². The third-order valence-corrected chi connectivity index (χ3v) is 3.20. The second kappa shape index (κ2) is 6.64. The number of nitrogens with two attached hydrogens (primary N) is 1. The van der Waals surface area contributed by atoms with E-state index in [1.807, 2.05) is 6.92 Å². The highest BCUT2D eigenvalue weighted by Crippen LogP contribution is 2.25. The van der Waals surface area contributed by atoms with E-state index in [0.29, 0.717) is 24.5 Å². The van der Waals surface area contributed by atoms with Crippen LogP contribution in [0, 0.1) is 5.92 Å². The molecule has 4 heteroatoms. The number of aliphatic imine (C=N–C) groups is 1. The summed E-state index contributed by atoms with van der Waals surface area (Å²) in [4.78, 5) is 4.39. The molecular formula is C13H25N3O. The number of hydrogen-bond acceptors (Lipinski definition) is 2. The van der Waals surface area contributed by atoms with E-state index in [9.17, 15) is 0 Å². The summed E-state index contributed by atoms with van der Waals surface area (Å²) in [6, 6.07) is 0.371. The second-order valence-electron chi connectivity index (χ2n) is 4.87. The summed E-state index contributed by atoms with van der Waals surface area (Å²) in [6.07, 6.45) is 2.23. The van der Waals surface area contributed by atoms with Crippen LogP contribution in [0.25, 0.3) is 0 Å². The molecule has 0 saturated carbocycles. The quantitative estimate of drug-likeness (QED) is 0.436. The van der Waals surface area contributed by atoms with Gasteiger partial charge in [-0.1, -0.05) is 19.1 Å². The van der Waals surface area contributed by atoms with Crippen molar-refractivity contribution in [3.8, 4) is 0 Å². The Labute approximate surface area is 104 Å². The number of nitrogens with one attached hydrogen (secondary N) is 1. The van der Waals surface area contributed by atoms with Crippen molar-refractivity contribution in [1.29, 1.82) is 0 Å². The van der Waals surface area contributed by atoms with Crippen LogP contribution in [-0.2, 0) is 4.74 Å². The summed E-state index contributed by atoms with van der Waals surface area (Å²) in [5, 5.41) is 3.16. The number of guanidine groups is 1. The van der Waals surface area contributed by atoms with Crippen LogP contribution in [0.5, 0.6) is 0 Å².